The molecule has 0 saturated carbocycles. The van der Waals surface area contributed by atoms with Crippen LogP contribution < -0.4 is 0 Å². The third-order valence-corrected chi connectivity index (χ3v) is 4.09. The smallest absolute Gasteiger partial charge is 0.407 e. The topological polar surface area (TPSA) is 83.3 Å². The van der Waals surface area contributed by atoms with E-state index in [9.17, 15) is 22.8 Å². The van der Waals surface area contributed by atoms with Crippen LogP contribution in [-0.2, 0) is 14.3 Å². The zero-order valence-corrected chi connectivity index (χ0v) is 14.7. The summed E-state index contributed by atoms with van der Waals surface area (Å²) in [5.74, 6) is -5.48. The Morgan fingerprint density at radius 3 is 2.25 bits per heavy atom. The van der Waals surface area contributed by atoms with Crippen LogP contribution in [0.5, 0.6) is 0 Å². The number of carbonyl (C=O) groups is 2. The minimum Gasteiger partial charge on any atom is -0.468 e. The SMILES string of the molecule is COC(=O)c1c(C(C(=O)OC)C(F)(F)F)n(-c2ncccn2)c2ccccc12. The van der Waals surface area contributed by atoms with E-state index in [4.69, 9.17) is 4.74 Å². The Kier molecular flexibility index (Phi) is 5.04. The van der Waals surface area contributed by atoms with Gasteiger partial charge in [-0.05, 0) is 12.1 Å². The van der Waals surface area contributed by atoms with Gasteiger partial charge in [-0.1, -0.05) is 18.2 Å². The van der Waals surface area contributed by atoms with E-state index in [-0.39, 0.29) is 16.9 Å². The van der Waals surface area contributed by atoms with Gasteiger partial charge in [-0.2, -0.15) is 13.2 Å². The molecule has 0 saturated heterocycles. The molecule has 3 rings (SSSR count). The second-order valence-corrected chi connectivity index (χ2v) is 5.65. The summed E-state index contributed by atoms with van der Waals surface area (Å²) in [6, 6.07) is 7.56. The van der Waals surface area contributed by atoms with Crippen LogP contribution in [0, 0.1) is 0 Å². The van der Waals surface area contributed by atoms with Gasteiger partial charge in [0.2, 0.25) is 5.95 Å². The van der Waals surface area contributed by atoms with Crippen LogP contribution in [0.15, 0.2) is 42.7 Å². The third kappa shape index (κ3) is 3.17. The Balaban J connectivity index is 2.52. The molecular formula is C18H14F3N3O4. The van der Waals surface area contributed by atoms with E-state index < -0.39 is 35.3 Å². The van der Waals surface area contributed by atoms with Crippen molar-refractivity contribution >= 4 is 22.8 Å². The monoisotopic (exact) mass is 393 g/mol. The summed E-state index contributed by atoms with van der Waals surface area (Å²) in [5, 5.41) is 0.162. The number of esters is 2. The number of alkyl halides is 3. The number of rotatable bonds is 4. The maximum atomic E-state index is 13.9. The molecule has 0 aliphatic rings. The molecule has 0 aliphatic heterocycles. The van der Waals surface area contributed by atoms with Crippen molar-refractivity contribution in [2.45, 2.75) is 12.1 Å². The fourth-order valence-corrected chi connectivity index (χ4v) is 2.99. The Bertz CT molecular complexity index is 1030. The van der Waals surface area contributed by atoms with E-state index in [1.807, 2.05) is 0 Å². The molecule has 0 spiro atoms. The highest BCUT2D eigenvalue weighted by molar-refractivity contribution is 6.07. The van der Waals surface area contributed by atoms with Gasteiger partial charge < -0.3 is 9.47 Å². The van der Waals surface area contributed by atoms with Gasteiger partial charge in [-0.15, -0.1) is 0 Å². The number of carbonyl (C=O) groups excluding carboxylic acids is 2. The fourth-order valence-electron chi connectivity index (χ4n) is 2.99. The van der Waals surface area contributed by atoms with E-state index in [0.29, 0.717) is 0 Å². The van der Waals surface area contributed by atoms with Crippen LogP contribution in [-0.4, -0.2) is 46.9 Å². The normalized spacial score (nSPS) is 12.6. The van der Waals surface area contributed by atoms with Crippen LogP contribution in [0.1, 0.15) is 22.0 Å². The molecule has 0 aliphatic carbocycles. The molecule has 0 fully saturated rings. The summed E-state index contributed by atoms with van der Waals surface area (Å²) < 4.78 is 51.8. The van der Waals surface area contributed by atoms with Crippen molar-refractivity contribution in [3.8, 4) is 5.95 Å². The maximum absolute atomic E-state index is 13.9. The number of hydrogen-bond donors (Lipinski definition) is 0. The van der Waals surface area contributed by atoms with Gasteiger partial charge in [0.1, 0.15) is 0 Å². The standard InChI is InChI=1S/C18H14F3N3O4/c1-27-15(25)12-10-6-3-4-7-11(10)24(17-22-8-5-9-23-17)14(12)13(16(26)28-2)18(19,20)21/h3-9,13H,1-2H3. The summed E-state index contributed by atoms with van der Waals surface area (Å²) in [7, 11) is 1.88. The highest BCUT2D eigenvalue weighted by Crippen LogP contribution is 2.42. The largest absolute Gasteiger partial charge is 0.468 e. The molecule has 0 N–H and O–H groups in total. The van der Waals surface area contributed by atoms with Crippen molar-refractivity contribution in [3.05, 3.63) is 54.0 Å². The van der Waals surface area contributed by atoms with Crippen molar-refractivity contribution in [3.63, 3.8) is 0 Å². The van der Waals surface area contributed by atoms with E-state index in [1.165, 1.54) is 30.6 Å². The summed E-state index contributed by atoms with van der Waals surface area (Å²) in [4.78, 5) is 32.5. The lowest BCUT2D eigenvalue weighted by molar-refractivity contribution is -0.179. The number of hydrogen-bond acceptors (Lipinski definition) is 6. The molecule has 0 amide bonds. The van der Waals surface area contributed by atoms with Gasteiger partial charge in [0.05, 0.1) is 31.0 Å². The second-order valence-electron chi connectivity index (χ2n) is 5.65. The molecule has 146 valence electrons. The lowest BCUT2D eigenvalue weighted by Gasteiger charge is -2.21. The van der Waals surface area contributed by atoms with Crippen molar-refractivity contribution in [2.75, 3.05) is 14.2 Å². The van der Waals surface area contributed by atoms with Crippen LogP contribution in [0.2, 0.25) is 0 Å². The quantitative estimate of drug-likeness (QED) is 0.634. The van der Waals surface area contributed by atoms with Crippen molar-refractivity contribution in [2.24, 2.45) is 0 Å². The molecule has 0 bridgehead atoms. The van der Waals surface area contributed by atoms with Crippen LogP contribution >= 0.6 is 0 Å². The molecule has 7 nitrogen and oxygen atoms in total. The van der Waals surface area contributed by atoms with Crippen LogP contribution in [0.25, 0.3) is 16.9 Å². The highest BCUT2D eigenvalue weighted by Gasteiger charge is 2.51. The number of methoxy groups -OCH3 is 2. The number of fused-ring (bicyclic) bond motifs is 1. The lowest BCUT2D eigenvalue weighted by atomic mass is 9.99. The first-order valence-corrected chi connectivity index (χ1v) is 7.94. The van der Waals surface area contributed by atoms with Crippen LogP contribution in [0.3, 0.4) is 0 Å². The highest BCUT2D eigenvalue weighted by atomic mass is 19.4. The molecule has 10 heteroatoms. The molecule has 3 aromatic rings. The molecule has 2 heterocycles. The van der Waals surface area contributed by atoms with E-state index in [1.54, 1.807) is 12.1 Å². The number of nitrogens with zero attached hydrogens (tertiary/aromatic N) is 3. The molecule has 1 atom stereocenters. The number of benzene rings is 1. The molecule has 28 heavy (non-hydrogen) atoms. The molecule has 2 aromatic heterocycles. The Labute approximate surface area is 156 Å². The predicted octanol–water partition coefficient (Wildman–Crippen LogP) is 3.03. The van der Waals surface area contributed by atoms with E-state index in [0.717, 1.165) is 18.8 Å². The van der Waals surface area contributed by atoms with Gasteiger partial charge in [-0.25, -0.2) is 14.8 Å². The van der Waals surface area contributed by atoms with Gasteiger partial charge in [0, 0.05) is 17.8 Å². The number of para-hydroxylation sites is 1. The van der Waals surface area contributed by atoms with Gasteiger partial charge in [-0.3, -0.25) is 9.36 Å². The van der Waals surface area contributed by atoms with Gasteiger partial charge in [0.15, 0.2) is 5.92 Å². The Morgan fingerprint density at radius 1 is 1.04 bits per heavy atom. The minimum atomic E-state index is -5.04. The lowest BCUT2D eigenvalue weighted by Crippen LogP contribution is -2.33. The van der Waals surface area contributed by atoms with Gasteiger partial charge in [0.25, 0.3) is 0 Å². The average Bonchev–Trinajstić information content (AvgIpc) is 3.01. The van der Waals surface area contributed by atoms with Gasteiger partial charge >= 0.3 is 18.1 Å². The maximum Gasteiger partial charge on any atom is 0.407 e. The van der Waals surface area contributed by atoms with Crippen molar-refractivity contribution in [1.29, 1.82) is 0 Å². The fraction of sp³-hybridized carbons (Fsp3) is 0.222. The number of aromatic nitrogens is 3. The molecule has 0 radical (unpaired) electrons. The Hall–Kier alpha value is -3.43. The molecule has 1 aromatic carbocycles. The van der Waals surface area contributed by atoms with Crippen molar-refractivity contribution < 1.29 is 32.2 Å². The first-order valence-electron chi connectivity index (χ1n) is 7.94. The molecular weight excluding hydrogens is 379 g/mol. The molecule has 1 unspecified atom stereocenters. The summed E-state index contributed by atoms with van der Waals surface area (Å²) in [6.45, 7) is 0. The predicted molar refractivity (Wildman–Crippen MR) is 91.0 cm³/mol. The number of halogens is 3. The minimum absolute atomic E-state index is 0.137. The first-order chi connectivity index (χ1) is 13.3. The van der Waals surface area contributed by atoms with E-state index >= 15 is 0 Å². The third-order valence-electron chi connectivity index (χ3n) is 4.09. The van der Waals surface area contributed by atoms with E-state index in [2.05, 4.69) is 14.7 Å². The summed E-state index contributed by atoms with van der Waals surface area (Å²) in [5.41, 5.74) is -0.862. The first kappa shape index (κ1) is 19.3. The zero-order valence-electron chi connectivity index (χ0n) is 14.7. The number of ether oxygens (including phenoxy) is 2. The second kappa shape index (κ2) is 7.29. The van der Waals surface area contributed by atoms with Crippen LogP contribution in [0.4, 0.5) is 13.2 Å². The average molecular weight is 393 g/mol. The summed E-state index contributed by atoms with van der Waals surface area (Å²) >= 11 is 0. The Morgan fingerprint density at radius 2 is 1.68 bits per heavy atom. The van der Waals surface area contributed by atoms with Crippen molar-refractivity contribution in [1.82, 2.24) is 14.5 Å². The zero-order chi connectivity index (χ0) is 20.5. The summed E-state index contributed by atoms with van der Waals surface area (Å²) in [6.07, 6.45) is -2.38.